The fourth-order valence-electron chi connectivity index (χ4n) is 1.93. The Bertz CT molecular complexity index is 505. The van der Waals surface area contributed by atoms with Gasteiger partial charge < -0.3 is 5.43 Å². The van der Waals surface area contributed by atoms with Crippen LogP contribution in [0.15, 0.2) is 36.7 Å². The highest BCUT2D eigenvalue weighted by atomic mass is 15.3. The van der Waals surface area contributed by atoms with Crippen LogP contribution in [0.5, 0.6) is 0 Å². The van der Waals surface area contributed by atoms with E-state index in [1.54, 1.807) is 12.4 Å². The molecule has 18 heavy (non-hydrogen) atoms. The van der Waals surface area contributed by atoms with Crippen molar-refractivity contribution in [2.24, 2.45) is 11.8 Å². The number of hydrazine groups is 1. The van der Waals surface area contributed by atoms with Crippen LogP contribution in [0, 0.1) is 5.92 Å². The molecule has 0 radical (unpaired) electrons. The van der Waals surface area contributed by atoms with Crippen LogP contribution in [0.25, 0.3) is 11.3 Å². The molecule has 0 bridgehead atoms. The molecule has 2 rings (SSSR count). The van der Waals surface area contributed by atoms with Crippen molar-refractivity contribution in [2.45, 2.75) is 20.3 Å². The Kier molecular flexibility index (Phi) is 3.89. The molecular formula is C14H18N4. The topological polar surface area (TPSA) is 63.8 Å². The minimum absolute atomic E-state index is 0.592. The molecule has 0 spiro atoms. The van der Waals surface area contributed by atoms with E-state index in [1.165, 1.54) is 5.56 Å². The molecule has 94 valence electrons. The quantitative estimate of drug-likeness (QED) is 0.639. The second-order valence-corrected chi connectivity index (χ2v) is 4.69. The van der Waals surface area contributed by atoms with Gasteiger partial charge in [0.05, 0.1) is 0 Å². The van der Waals surface area contributed by atoms with Gasteiger partial charge in [-0.25, -0.2) is 10.8 Å². The summed E-state index contributed by atoms with van der Waals surface area (Å²) in [6, 6.07) is 8.37. The zero-order valence-electron chi connectivity index (χ0n) is 10.7. The largest absolute Gasteiger partial charge is 0.307 e. The summed E-state index contributed by atoms with van der Waals surface area (Å²) in [5, 5.41) is 0. The maximum atomic E-state index is 5.43. The maximum absolute atomic E-state index is 5.43. The number of nitrogen functional groups attached to an aromatic ring is 1. The Labute approximate surface area is 107 Å². The number of anilines is 1. The number of benzene rings is 1. The van der Waals surface area contributed by atoms with E-state index >= 15 is 0 Å². The lowest BCUT2D eigenvalue weighted by Gasteiger charge is -2.08. The fourth-order valence-corrected chi connectivity index (χ4v) is 1.93. The first-order chi connectivity index (χ1) is 8.70. The van der Waals surface area contributed by atoms with Gasteiger partial charge in [0.1, 0.15) is 5.69 Å². The number of hydrogen-bond donors (Lipinski definition) is 2. The minimum atomic E-state index is 0.592. The molecule has 3 N–H and O–H groups in total. The molecule has 1 heterocycles. The normalized spacial score (nSPS) is 10.7. The van der Waals surface area contributed by atoms with Gasteiger partial charge in [-0.1, -0.05) is 38.1 Å². The first-order valence-electron chi connectivity index (χ1n) is 6.07. The maximum Gasteiger partial charge on any atom is 0.166 e. The monoisotopic (exact) mass is 242 g/mol. The minimum Gasteiger partial charge on any atom is -0.307 e. The van der Waals surface area contributed by atoms with Crippen molar-refractivity contribution in [1.82, 2.24) is 9.97 Å². The Morgan fingerprint density at radius 3 is 2.39 bits per heavy atom. The first-order valence-corrected chi connectivity index (χ1v) is 6.07. The number of nitrogens with one attached hydrogen (secondary N) is 1. The molecule has 0 amide bonds. The summed E-state index contributed by atoms with van der Waals surface area (Å²) in [7, 11) is 0. The summed E-state index contributed by atoms with van der Waals surface area (Å²) >= 11 is 0. The second kappa shape index (κ2) is 5.60. The lowest BCUT2D eigenvalue weighted by molar-refractivity contribution is 0.647. The summed E-state index contributed by atoms with van der Waals surface area (Å²) in [5.74, 6) is 6.68. The van der Waals surface area contributed by atoms with Crippen molar-refractivity contribution in [3.05, 3.63) is 42.2 Å². The first kappa shape index (κ1) is 12.5. The predicted molar refractivity (Wildman–Crippen MR) is 73.8 cm³/mol. The van der Waals surface area contributed by atoms with Crippen LogP contribution in [0.4, 0.5) is 5.82 Å². The van der Waals surface area contributed by atoms with Crippen LogP contribution in [0.2, 0.25) is 0 Å². The van der Waals surface area contributed by atoms with Crippen molar-refractivity contribution in [2.75, 3.05) is 5.43 Å². The summed E-state index contributed by atoms with van der Waals surface area (Å²) in [6.45, 7) is 4.43. The second-order valence-electron chi connectivity index (χ2n) is 4.69. The standard InChI is InChI=1S/C14H18N4/c1-10(2)9-11-3-5-12(6-4-11)13-14(18-15)17-8-7-16-13/h3-8,10H,9,15H2,1-2H3,(H,17,18). The number of nitrogens with two attached hydrogens (primary N) is 1. The van der Waals surface area contributed by atoms with Crippen molar-refractivity contribution in [3.8, 4) is 11.3 Å². The molecule has 1 aromatic heterocycles. The van der Waals surface area contributed by atoms with Gasteiger partial charge in [-0.15, -0.1) is 0 Å². The molecule has 0 saturated carbocycles. The molecule has 4 heteroatoms. The van der Waals surface area contributed by atoms with E-state index in [0.717, 1.165) is 17.7 Å². The van der Waals surface area contributed by atoms with Crippen molar-refractivity contribution in [3.63, 3.8) is 0 Å². The number of aromatic nitrogens is 2. The third-order valence-corrected chi connectivity index (χ3v) is 2.71. The lowest BCUT2D eigenvalue weighted by atomic mass is 10.0. The summed E-state index contributed by atoms with van der Waals surface area (Å²) in [5.41, 5.74) is 5.69. The highest BCUT2D eigenvalue weighted by Crippen LogP contribution is 2.23. The summed E-state index contributed by atoms with van der Waals surface area (Å²) < 4.78 is 0. The van der Waals surface area contributed by atoms with Crippen LogP contribution in [0.3, 0.4) is 0 Å². The van der Waals surface area contributed by atoms with E-state index in [4.69, 9.17) is 5.84 Å². The van der Waals surface area contributed by atoms with Gasteiger partial charge in [0.25, 0.3) is 0 Å². The number of rotatable bonds is 4. The van der Waals surface area contributed by atoms with Crippen LogP contribution in [-0.4, -0.2) is 9.97 Å². The van der Waals surface area contributed by atoms with Crippen molar-refractivity contribution in [1.29, 1.82) is 0 Å². The van der Waals surface area contributed by atoms with Crippen molar-refractivity contribution < 1.29 is 0 Å². The average molecular weight is 242 g/mol. The molecule has 0 unspecified atom stereocenters. The molecule has 0 aliphatic carbocycles. The lowest BCUT2D eigenvalue weighted by Crippen LogP contribution is -2.10. The fraction of sp³-hybridized carbons (Fsp3) is 0.286. The summed E-state index contributed by atoms with van der Waals surface area (Å²) in [4.78, 5) is 8.45. The molecule has 0 atom stereocenters. The van der Waals surface area contributed by atoms with Crippen LogP contribution in [-0.2, 0) is 6.42 Å². The molecule has 1 aromatic carbocycles. The average Bonchev–Trinajstić information content (AvgIpc) is 2.39. The van der Waals surface area contributed by atoms with Gasteiger partial charge in [0.15, 0.2) is 5.82 Å². The van der Waals surface area contributed by atoms with Crippen LogP contribution in [0.1, 0.15) is 19.4 Å². The van der Waals surface area contributed by atoms with E-state index in [-0.39, 0.29) is 0 Å². The van der Waals surface area contributed by atoms with E-state index in [2.05, 4.69) is 53.5 Å². The molecule has 2 aromatic rings. The van der Waals surface area contributed by atoms with Gasteiger partial charge in [-0.3, -0.25) is 4.98 Å². The van der Waals surface area contributed by atoms with Crippen molar-refractivity contribution >= 4 is 5.82 Å². The molecule has 0 saturated heterocycles. The third-order valence-electron chi connectivity index (χ3n) is 2.71. The van der Waals surface area contributed by atoms with Crippen LogP contribution < -0.4 is 11.3 Å². The predicted octanol–water partition coefficient (Wildman–Crippen LogP) is 2.63. The van der Waals surface area contributed by atoms with Crippen LogP contribution >= 0.6 is 0 Å². The number of hydrogen-bond acceptors (Lipinski definition) is 4. The molecule has 4 nitrogen and oxygen atoms in total. The molecular weight excluding hydrogens is 224 g/mol. The highest BCUT2D eigenvalue weighted by molar-refractivity contribution is 5.70. The van der Waals surface area contributed by atoms with E-state index in [0.29, 0.717) is 11.7 Å². The van der Waals surface area contributed by atoms with Gasteiger partial charge in [-0.05, 0) is 17.9 Å². The van der Waals surface area contributed by atoms with Gasteiger partial charge >= 0.3 is 0 Å². The molecule has 0 aliphatic heterocycles. The Hall–Kier alpha value is -1.94. The van der Waals surface area contributed by atoms with Gasteiger partial charge in [0, 0.05) is 18.0 Å². The van der Waals surface area contributed by atoms with E-state index in [9.17, 15) is 0 Å². The number of nitrogens with zero attached hydrogens (tertiary/aromatic N) is 2. The summed E-state index contributed by atoms with van der Waals surface area (Å²) in [6.07, 6.45) is 4.37. The third kappa shape index (κ3) is 2.84. The smallest absolute Gasteiger partial charge is 0.166 e. The Morgan fingerprint density at radius 2 is 1.78 bits per heavy atom. The molecule has 0 fully saturated rings. The molecule has 0 aliphatic rings. The van der Waals surface area contributed by atoms with E-state index < -0.39 is 0 Å². The van der Waals surface area contributed by atoms with Gasteiger partial charge in [-0.2, -0.15) is 0 Å². The zero-order valence-corrected chi connectivity index (χ0v) is 10.7. The zero-order chi connectivity index (χ0) is 13.0. The van der Waals surface area contributed by atoms with E-state index in [1.807, 2.05) is 0 Å². The van der Waals surface area contributed by atoms with Gasteiger partial charge in [0.2, 0.25) is 0 Å². The highest BCUT2D eigenvalue weighted by Gasteiger charge is 2.06. The Balaban J connectivity index is 2.28. The SMILES string of the molecule is CC(C)Cc1ccc(-c2nccnc2NN)cc1. The Morgan fingerprint density at radius 1 is 1.11 bits per heavy atom.